The number of hydrogen-bond donors (Lipinski definition) is 0. The van der Waals surface area contributed by atoms with Gasteiger partial charge >= 0.3 is 0 Å². The zero-order chi connectivity index (χ0) is 41.0. The highest BCUT2D eigenvalue weighted by Crippen LogP contribution is 2.41. The van der Waals surface area contributed by atoms with Gasteiger partial charge in [-0.15, -0.1) is 0 Å². The summed E-state index contributed by atoms with van der Waals surface area (Å²) in [6.45, 7) is 0. The third-order valence-electron chi connectivity index (χ3n) is 12.6. The van der Waals surface area contributed by atoms with Gasteiger partial charge in [-0.3, -0.25) is 0 Å². The van der Waals surface area contributed by atoms with E-state index in [-0.39, 0.29) is 0 Å². The predicted molar refractivity (Wildman–Crippen MR) is 264 cm³/mol. The molecule has 0 radical (unpaired) electrons. The van der Waals surface area contributed by atoms with Crippen LogP contribution in [-0.2, 0) is 0 Å². The molecule has 0 bridgehead atoms. The fraction of sp³-hybridized carbons (Fsp3) is 0. The van der Waals surface area contributed by atoms with Gasteiger partial charge in [0.05, 0.1) is 16.7 Å². The van der Waals surface area contributed by atoms with Crippen molar-refractivity contribution in [1.82, 2.24) is 4.57 Å². The van der Waals surface area contributed by atoms with Crippen molar-refractivity contribution in [2.45, 2.75) is 0 Å². The second-order valence-corrected chi connectivity index (χ2v) is 16.1. The summed E-state index contributed by atoms with van der Waals surface area (Å²) >= 11 is 0. The fourth-order valence-electron chi connectivity index (χ4n) is 9.60. The normalized spacial score (nSPS) is 11.5. The van der Waals surface area contributed by atoms with Crippen molar-refractivity contribution in [3.8, 4) is 39.1 Å². The van der Waals surface area contributed by atoms with Crippen LogP contribution in [0.25, 0.3) is 93.2 Å². The molecule has 0 amide bonds. The van der Waals surface area contributed by atoms with Crippen LogP contribution in [-0.4, -0.2) is 4.57 Å². The van der Waals surface area contributed by atoms with Crippen LogP contribution >= 0.6 is 0 Å². The summed E-state index contributed by atoms with van der Waals surface area (Å²) in [6, 6.07) is 88.5. The van der Waals surface area contributed by atoms with Crippen LogP contribution in [0, 0.1) is 0 Å². The molecule has 0 fully saturated rings. The van der Waals surface area contributed by atoms with Gasteiger partial charge in [0.2, 0.25) is 0 Å². The summed E-state index contributed by atoms with van der Waals surface area (Å²) in [6.07, 6.45) is 0. The van der Waals surface area contributed by atoms with Gasteiger partial charge in [-0.1, -0.05) is 182 Å². The van der Waals surface area contributed by atoms with Crippen molar-refractivity contribution in [3.05, 3.63) is 243 Å². The SMILES string of the molecule is c1ccc(-c2ccc(N(c3ccc(-c4ccccc4-n4c5ccccc5c5ccccc54)cc3)c3cccc(-c4ccc5ccc6ccc7ccccc7c6c5c4)c3)cc2)cc1. The van der Waals surface area contributed by atoms with Crippen molar-refractivity contribution < 1.29 is 0 Å². The first-order valence-corrected chi connectivity index (χ1v) is 21.3. The van der Waals surface area contributed by atoms with Crippen molar-refractivity contribution in [2.24, 2.45) is 0 Å². The van der Waals surface area contributed by atoms with E-state index in [1.54, 1.807) is 0 Å². The Morgan fingerprint density at radius 1 is 0.274 bits per heavy atom. The Hall–Kier alpha value is -8.20. The quantitative estimate of drug-likeness (QED) is 0.146. The van der Waals surface area contributed by atoms with Crippen molar-refractivity contribution in [1.29, 1.82) is 0 Å². The Labute approximate surface area is 360 Å². The average molecular weight is 789 g/mol. The molecule has 0 aliphatic heterocycles. The van der Waals surface area contributed by atoms with E-state index in [4.69, 9.17) is 0 Å². The summed E-state index contributed by atoms with van der Waals surface area (Å²) in [5.41, 5.74) is 13.9. The number of para-hydroxylation sites is 3. The molecular weight excluding hydrogens is 749 g/mol. The summed E-state index contributed by atoms with van der Waals surface area (Å²) in [4.78, 5) is 2.38. The Bertz CT molecular complexity index is 3560. The number of nitrogens with zero attached hydrogens (tertiary/aromatic N) is 2. The maximum Gasteiger partial charge on any atom is 0.0541 e. The van der Waals surface area contributed by atoms with Crippen LogP contribution in [0.5, 0.6) is 0 Å². The van der Waals surface area contributed by atoms with Gasteiger partial charge in [0, 0.05) is 33.4 Å². The highest BCUT2D eigenvalue weighted by Gasteiger charge is 2.18. The third-order valence-corrected chi connectivity index (χ3v) is 12.6. The third kappa shape index (κ3) is 6.04. The zero-order valence-corrected chi connectivity index (χ0v) is 34.0. The van der Waals surface area contributed by atoms with E-state index in [1.165, 1.54) is 81.9 Å². The monoisotopic (exact) mass is 788 g/mol. The Morgan fingerprint density at radius 2 is 0.774 bits per heavy atom. The highest BCUT2D eigenvalue weighted by molar-refractivity contribution is 6.20. The molecule has 0 unspecified atom stereocenters. The lowest BCUT2D eigenvalue weighted by Crippen LogP contribution is -2.10. The molecule has 0 aliphatic rings. The van der Waals surface area contributed by atoms with Gasteiger partial charge in [-0.25, -0.2) is 0 Å². The molecule has 0 N–H and O–H groups in total. The molecule has 290 valence electrons. The first-order valence-electron chi connectivity index (χ1n) is 21.3. The van der Waals surface area contributed by atoms with Crippen molar-refractivity contribution in [2.75, 3.05) is 4.90 Å². The molecule has 12 rings (SSSR count). The second-order valence-electron chi connectivity index (χ2n) is 16.1. The number of rotatable bonds is 7. The number of benzene rings is 11. The van der Waals surface area contributed by atoms with E-state index in [0.29, 0.717) is 0 Å². The standard InChI is InChI=1S/C60H40N2/c1-2-13-41(14-3-1)42-31-35-49(36-32-42)61(51-17-12-16-47(39-51)48-30-27-45-26-29-46-28-25-43-15-4-5-19-53(43)60(46)56(45)40-48)50-37-33-44(34-38-50)52-18-6-9-22-57(52)62-58-23-10-7-20-54(58)55-21-8-11-24-59(55)62/h1-40H. The summed E-state index contributed by atoms with van der Waals surface area (Å²) in [7, 11) is 0. The fourth-order valence-corrected chi connectivity index (χ4v) is 9.60. The lowest BCUT2D eigenvalue weighted by molar-refractivity contribution is 1.18. The number of aromatic nitrogens is 1. The van der Waals surface area contributed by atoms with Gasteiger partial charge in [-0.2, -0.15) is 0 Å². The number of anilines is 3. The largest absolute Gasteiger partial charge is 0.310 e. The molecule has 1 aromatic heterocycles. The molecule has 2 heteroatoms. The van der Waals surface area contributed by atoms with Gasteiger partial charge < -0.3 is 9.47 Å². The molecule has 62 heavy (non-hydrogen) atoms. The van der Waals surface area contributed by atoms with E-state index >= 15 is 0 Å². The summed E-state index contributed by atoms with van der Waals surface area (Å²) in [5, 5.41) is 10.1. The minimum Gasteiger partial charge on any atom is -0.310 e. The average Bonchev–Trinajstić information content (AvgIpc) is 3.69. The maximum absolute atomic E-state index is 2.41. The summed E-state index contributed by atoms with van der Waals surface area (Å²) < 4.78 is 2.41. The number of hydrogen-bond acceptors (Lipinski definition) is 1. The highest BCUT2D eigenvalue weighted by atomic mass is 15.1. The van der Waals surface area contributed by atoms with E-state index in [0.717, 1.165) is 28.3 Å². The van der Waals surface area contributed by atoms with E-state index < -0.39 is 0 Å². The van der Waals surface area contributed by atoms with Gasteiger partial charge in [0.25, 0.3) is 0 Å². The number of fused-ring (bicyclic) bond motifs is 8. The first-order chi connectivity index (χ1) is 30.7. The lowest BCUT2D eigenvalue weighted by Gasteiger charge is -2.26. The van der Waals surface area contributed by atoms with Gasteiger partial charge in [0.15, 0.2) is 0 Å². The maximum atomic E-state index is 2.41. The summed E-state index contributed by atoms with van der Waals surface area (Å²) in [5.74, 6) is 0. The smallest absolute Gasteiger partial charge is 0.0541 e. The molecule has 1 heterocycles. The topological polar surface area (TPSA) is 8.17 Å². The van der Waals surface area contributed by atoms with Crippen molar-refractivity contribution >= 4 is 71.2 Å². The van der Waals surface area contributed by atoms with Crippen LogP contribution in [0.3, 0.4) is 0 Å². The Morgan fingerprint density at radius 3 is 1.50 bits per heavy atom. The lowest BCUT2D eigenvalue weighted by atomic mass is 9.94. The van der Waals surface area contributed by atoms with E-state index in [2.05, 4.69) is 252 Å². The second kappa shape index (κ2) is 14.8. The molecule has 12 aromatic rings. The molecule has 11 aromatic carbocycles. The molecule has 0 aliphatic carbocycles. The minimum atomic E-state index is 1.09. The van der Waals surface area contributed by atoms with Crippen LogP contribution in [0.15, 0.2) is 243 Å². The molecule has 2 nitrogen and oxygen atoms in total. The Kier molecular flexibility index (Phi) is 8.53. The van der Waals surface area contributed by atoms with Crippen molar-refractivity contribution in [3.63, 3.8) is 0 Å². The molecular formula is C60H40N2. The van der Waals surface area contributed by atoms with Crippen LogP contribution in [0.1, 0.15) is 0 Å². The Balaban J connectivity index is 0.978. The van der Waals surface area contributed by atoms with E-state index in [1.807, 2.05) is 0 Å². The predicted octanol–water partition coefficient (Wildman–Crippen LogP) is 16.7. The van der Waals surface area contributed by atoms with Gasteiger partial charge in [-0.05, 0) is 121 Å². The zero-order valence-electron chi connectivity index (χ0n) is 34.0. The van der Waals surface area contributed by atoms with Crippen LogP contribution < -0.4 is 4.90 Å². The molecule has 0 saturated heterocycles. The van der Waals surface area contributed by atoms with Crippen LogP contribution in [0.4, 0.5) is 17.1 Å². The molecule has 0 saturated carbocycles. The minimum absolute atomic E-state index is 1.09. The molecule has 0 atom stereocenters. The van der Waals surface area contributed by atoms with Gasteiger partial charge in [0.1, 0.15) is 0 Å². The first kappa shape index (κ1) is 35.7. The van der Waals surface area contributed by atoms with E-state index in [9.17, 15) is 0 Å². The van der Waals surface area contributed by atoms with Crippen LogP contribution in [0.2, 0.25) is 0 Å². The molecule has 0 spiro atoms.